The first-order chi connectivity index (χ1) is 11.5. The highest BCUT2D eigenvalue weighted by atomic mass is 16.5. The number of likely N-dealkylation sites (N-methyl/N-ethyl adjacent to an activating group) is 1. The first kappa shape index (κ1) is 18.3. The molecule has 0 aromatic heterocycles. The third kappa shape index (κ3) is 3.55. The van der Waals surface area contributed by atoms with Crippen LogP contribution in [0, 0.1) is 0 Å². The van der Waals surface area contributed by atoms with Crippen molar-refractivity contribution in [1.82, 2.24) is 4.90 Å². The third-order valence-electron chi connectivity index (χ3n) is 4.60. The van der Waals surface area contributed by atoms with Gasteiger partial charge in [0.25, 0.3) is 0 Å². The summed E-state index contributed by atoms with van der Waals surface area (Å²) in [6, 6.07) is 15.8. The van der Waals surface area contributed by atoms with Crippen LogP contribution in [0.25, 0.3) is 0 Å². The smallest absolute Gasteiger partial charge is 0.123 e. The van der Waals surface area contributed by atoms with E-state index >= 15 is 0 Å². The van der Waals surface area contributed by atoms with Gasteiger partial charge in [-0.05, 0) is 33.0 Å². The Kier molecular flexibility index (Phi) is 5.86. The molecule has 0 aliphatic rings. The Balaban J connectivity index is 2.66. The molecule has 2 aromatic rings. The summed E-state index contributed by atoms with van der Waals surface area (Å²) in [5.74, 6) is 1.63. The van der Waals surface area contributed by atoms with Gasteiger partial charge >= 0.3 is 0 Å². The molecule has 0 fully saturated rings. The molecule has 0 unspecified atom stereocenters. The predicted molar refractivity (Wildman–Crippen MR) is 96.8 cm³/mol. The van der Waals surface area contributed by atoms with Crippen LogP contribution >= 0.6 is 0 Å². The lowest BCUT2D eigenvalue weighted by Crippen LogP contribution is -2.46. The van der Waals surface area contributed by atoms with Crippen molar-refractivity contribution in [3.05, 3.63) is 59.7 Å². The summed E-state index contributed by atoms with van der Waals surface area (Å²) in [5.41, 5.74) is 1.66. The van der Waals surface area contributed by atoms with Gasteiger partial charge in [-0.15, -0.1) is 0 Å². The summed E-state index contributed by atoms with van der Waals surface area (Å²) in [4.78, 5) is 2.16. The number of benzene rings is 2. The minimum absolute atomic E-state index is 0.0459. The number of hydrogen-bond donors (Lipinski definition) is 1. The SMILES string of the molecule is COc1ccccc1C(c1ccccc1OC)N(C)C(C)(C)CO. The molecule has 0 atom stereocenters. The average Bonchev–Trinajstić information content (AvgIpc) is 2.62. The van der Waals surface area contributed by atoms with Gasteiger partial charge in [-0.25, -0.2) is 0 Å². The van der Waals surface area contributed by atoms with Crippen molar-refractivity contribution < 1.29 is 14.6 Å². The lowest BCUT2D eigenvalue weighted by Gasteiger charge is -2.41. The molecule has 2 rings (SSSR count). The molecule has 0 aliphatic carbocycles. The van der Waals surface area contributed by atoms with Crippen molar-refractivity contribution >= 4 is 0 Å². The summed E-state index contributed by atoms with van der Waals surface area (Å²) in [6.45, 7) is 4.08. The predicted octanol–water partition coefficient (Wildman–Crippen LogP) is 3.50. The molecule has 0 spiro atoms. The topological polar surface area (TPSA) is 41.9 Å². The fourth-order valence-corrected chi connectivity index (χ4v) is 2.83. The van der Waals surface area contributed by atoms with E-state index in [-0.39, 0.29) is 12.6 Å². The van der Waals surface area contributed by atoms with Crippen LogP contribution < -0.4 is 9.47 Å². The van der Waals surface area contributed by atoms with Gasteiger partial charge in [0.15, 0.2) is 0 Å². The summed E-state index contributed by atoms with van der Waals surface area (Å²) in [6.07, 6.45) is 0. The molecule has 0 saturated carbocycles. The van der Waals surface area contributed by atoms with E-state index in [1.54, 1.807) is 14.2 Å². The van der Waals surface area contributed by atoms with E-state index in [2.05, 4.69) is 17.0 Å². The first-order valence-corrected chi connectivity index (χ1v) is 8.06. The Hall–Kier alpha value is -2.04. The van der Waals surface area contributed by atoms with Crippen LogP contribution in [0.2, 0.25) is 0 Å². The molecule has 1 N–H and O–H groups in total. The second-order valence-corrected chi connectivity index (χ2v) is 6.47. The van der Waals surface area contributed by atoms with Gasteiger partial charge in [0, 0.05) is 16.7 Å². The summed E-state index contributed by atoms with van der Waals surface area (Å²) in [7, 11) is 5.37. The fraction of sp³-hybridized carbons (Fsp3) is 0.400. The van der Waals surface area contributed by atoms with E-state index in [4.69, 9.17) is 9.47 Å². The van der Waals surface area contributed by atoms with Crippen molar-refractivity contribution in [3.63, 3.8) is 0 Å². The second-order valence-electron chi connectivity index (χ2n) is 6.47. The molecule has 0 radical (unpaired) electrons. The molecular formula is C20H27NO3. The maximum Gasteiger partial charge on any atom is 0.123 e. The molecule has 0 aliphatic heterocycles. The molecule has 4 nitrogen and oxygen atoms in total. The Bertz CT molecular complexity index is 622. The van der Waals surface area contributed by atoms with Crippen LogP contribution in [0.4, 0.5) is 0 Å². The Morgan fingerprint density at radius 3 is 1.71 bits per heavy atom. The maximum absolute atomic E-state index is 9.86. The average molecular weight is 329 g/mol. The zero-order valence-corrected chi connectivity index (χ0v) is 15.1. The molecule has 0 amide bonds. The van der Waals surface area contributed by atoms with E-state index in [0.717, 1.165) is 22.6 Å². The number of rotatable bonds is 7. The fourth-order valence-electron chi connectivity index (χ4n) is 2.83. The zero-order chi connectivity index (χ0) is 17.7. The van der Waals surface area contributed by atoms with Gasteiger partial charge in [-0.2, -0.15) is 0 Å². The van der Waals surface area contributed by atoms with Crippen LogP contribution in [0.5, 0.6) is 11.5 Å². The zero-order valence-electron chi connectivity index (χ0n) is 15.1. The Morgan fingerprint density at radius 1 is 0.917 bits per heavy atom. The third-order valence-corrected chi connectivity index (χ3v) is 4.60. The molecule has 24 heavy (non-hydrogen) atoms. The van der Waals surface area contributed by atoms with E-state index in [1.165, 1.54) is 0 Å². The number of hydrogen-bond acceptors (Lipinski definition) is 4. The van der Waals surface area contributed by atoms with Crippen molar-refractivity contribution in [2.75, 3.05) is 27.9 Å². The second kappa shape index (κ2) is 7.69. The molecule has 0 bridgehead atoms. The van der Waals surface area contributed by atoms with Gasteiger partial charge in [-0.3, -0.25) is 4.90 Å². The molecule has 0 saturated heterocycles. The van der Waals surface area contributed by atoms with Crippen molar-refractivity contribution in [2.45, 2.75) is 25.4 Å². The highest BCUT2D eigenvalue weighted by molar-refractivity contribution is 5.46. The molecule has 2 aromatic carbocycles. The van der Waals surface area contributed by atoms with Crippen LogP contribution in [0.3, 0.4) is 0 Å². The van der Waals surface area contributed by atoms with Crippen LogP contribution in [-0.2, 0) is 0 Å². The van der Waals surface area contributed by atoms with E-state index in [9.17, 15) is 5.11 Å². The van der Waals surface area contributed by atoms with Gasteiger partial charge in [-0.1, -0.05) is 36.4 Å². The molecule has 130 valence electrons. The monoisotopic (exact) mass is 329 g/mol. The van der Waals surface area contributed by atoms with Crippen LogP contribution in [0.15, 0.2) is 48.5 Å². The number of aliphatic hydroxyl groups excluding tert-OH is 1. The van der Waals surface area contributed by atoms with Gasteiger partial charge in [0.2, 0.25) is 0 Å². The van der Waals surface area contributed by atoms with E-state index in [1.807, 2.05) is 57.3 Å². The lowest BCUT2D eigenvalue weighted by molar-refractivity contribution is 0.0553. The summed E-state index contributed by atoms with van der Waals surface area (Å²) >= 11 is 0. The van der Waals surface area contributed by atoms with E-state index in [0.29, 0.717) is 0 Å². The van der Waals surface area contributed by atoms with Crippen LogP contribution in [0.1, 0.15) is 31.0 Å². The Labute approximate surface area is 144 Å². The van der Waals surface area contributed by atoms with Crippen molar-refractivity contribution in [2.24, 2.45) is 0 Å². The minimum Gasteiger partial charge on any atom is -0.496 e. The minimum atomic E-state index is -0.410. The quantitative estimate of drug-likeness (QED) is 0.844. The summed E-state index contributed by atoms with van der Waals surface area (Å²) < 4.78 is 11.2. The van der Waals surface area contributed by atoms with Crippen molar-refractivity contribution in [1.29, 1.82) is 0 Å². The highest BCUT2D eigenvalue weighted by Gasteiger charge is 2.33. The van der Waals surface area contributed by atoms with Gasteiger partial charge in [0.05, 0.1) is 26.9 Å². The largest absolute Gasteiger partial charge is 0.496 e. The highest BCUT2D eigenvalue weighted by Crippen LogP contribution is 2.40. The number of nitrogens with zero attached hydrogens (tertiary/aromatic N) is 1. The van der Waals surface area contributed by atoms with Gasteiger partial charge in [0.1, 0.15) is 11.5 Å². The molecule has 0 heterocycles. The standard InChI is InChI=1S/C20H27NO3/c1-20(2,14-22)21(3)19(15-10-6-8-12-17(15)23-4)16-11-7-9-13-18(16)24-5/h6-13,19,22H,14H2,1-5H3. The first-order valence-electron chi connectivity index (χ1n) is 8.06. The van der Waals surface area contributed by atoms with E-state index < -0.39 is 5.54 Å². The number of aliphatic hydroxyl groups is 1. The van der Waals surface area contributed by atoms with Crippen LogP contribution in [-0.4, -0.2) is 43.4 Å². The number of methoxy groups -OCH3 is 2. The Morgan fingerprint density at radius 2 is 1.33 bits per heavy atom. The molecular weight excluding hydrogens is 302 g/mol. The maximum atomic E-state index is 9.86. The summed E-state index contributed by atoms with van der Waals surface area (Å²) in [5, 5.41) is 9.86. The van der Waals surface area contributed by atoms with Crippen molar-refractivity contribution in [3.8, 4) is 11.5 Å². The normalized spacial score (nSPS) is 11.8. The molecule has 4 heteroatoms. The number of para-hydroxylation sites is 2. The van der Waals surface area contributed by atoms with Gasteiger partial charge < -0.3 is 14.6 Å². The number of ether oxygens (including phenoxy) is 2. The lowest BCUT2D eigenvalue weighted by atomic mass is 9.91.